The molecule has 2 aromatic rings. The molecule has 0 saturated heterocycles. The number of halogens is 2. The van der Waals surface area contributed by atoms with Crippen LogP contribution in [0.15, 0.2) is 36.7 Å². The summed E-state index contributed by atoms with van der Waals surface area (Å²) in [6, 6.07) is 6.93. The van der Waals surface area contributed by atoms with Crippen LogP contribution in [0.3, 0.4) is 0 Å². The van der Waals surface area contributed by atoms with E-state index in [1.165, 1.54) is 6.20 Å². The Kier molecular flexibility index (Phi) is 4.76. The minimum Gasteiger partial charge on any atom is -0.492 e. The molecule has 0 aliphatic carbocycles. The van der Waals surface area contributed by atoms with Gasteiger partial charge in [-0.2, -0.15) is 0 Å². The SMILES string of the molecule is CCOc1cncc(C(=O)c2cc(Cl)ccc2I)c1. The average Bonchev–Trinajstić information content (AvgIpc) is 2.41. The van der Waals surface area contributed by atoms with Gasteiger partial charge in [-0.05, 0) is 53.8 Å². The van der Waals surface area contributed by atoms with Gasteiger partial charge in [-0.3, -0.25) is 9.78 Å². The Balaban J connectivity index is 2.38. The Bertz CT molecular complexity index is 616. The van der Waals surface area contributed by atoms with Gasteiger partial charge in [0.05, 0.1) is 12.8 Å². The van der Waals surface area contributed by atoms with E-state index in [-0.39, 0.29) is 5.78 Å². The van der Waals surface area contributed by atoms with E-state index >= 15 is 0 Å². The monoisotopic (exact) mass is 387 g/mol. The molecular formula is C14H11ClINO2. The van der Waals surface area contributed by atoms with Crippen LogP contribution in [0.1, 0.15) is 22.8 Å². The number of ether oxygens (including phenoxy) is 1. The smallest absolute Gasteiger partial charge is 0.195 e. The summed E-state index contributed by atoms with van der Waals surface area (Å²) in [5, 5.41) is 0.540. The average molecular weight is 388 g/mol. The Morgan fingerprint density at radius 2 is 2.16 bits per heavy atom. The molecule has 0 aliphatic heterocycles. The molecule has 1 aromatic carbocycles. The molecule has 0 N–H and O–H groups in total. The van der Waals surface area contributed by atoms with Crippen molar-refractivity contribution in [3.8, 4) is 5.75 Å². The third kappa shape index (κ3) is 3.45. The topological polar surface area (TPSA) is 39.2 Å². The van der Waals surface area contributed by atoms with E-state index in [9.17, 15) is 4.79 Å². The first-order valence-electron chi connectivity index (χ1n) is 5.69. The van der Waals surface area contributed by atoms with E-state index in [0.29, 0.717) is 28.5 Å². The zero-order chi connectivity index (χ0) is 13.8. The molecule has 98 valence electrons. The Morgan fingerprint density at radius 3 is 2.89 bits per heavy atom. The molecule has 19 heavy (non-hydrogen) atoms. The van der Waals surface area contributed by atoms with Crippen molar-refractivity contribution in [3.05, 3.63) is 56.4 Å². The quantitative estimate of drug-likeness (QED) is 0.589. The van der Waals surface area contributed by atoms with Gasteiger partial charge in [-0.25, -0.2) is 0 Å². The second-order valence-electron chi connectivity index (χ2n) is 3.80. The van der Waals surface area contributed by atoms with Crippen LogP contribution in [0.5, 0.6) is 5.75 Å². The van der Waals surface area contributed by atoms with Crippen LogP contribution in [0.25, 0.3) is 0 Å². The van der Waals surface area contributed by atoms with Crippen molar-refractivity contribution < 1.29 is 9.53 Å². The van der Waals surface area contributed by atoms with Crippen LogP contribution in [0.2, 0.25) is 5.02 Å². The molecule has 1 heterocycles. The second-order valence-corrected chi connectivity index (χ2v) is 5.39. The lowest BCUT2D eigenvalue weighted by Crippen LogP contribution is -2.05. The first-order chi connectivity index (χ1) is 9.11. The normalized spacial score (nSPS) is 10.3. The highest BCUT2D eigenvalue weighted by molar-refractivity contribution is 14.1. The molecule has 0 atom stereocenters. The van der Waals surface area contributed by atoms with E-state index in [4.69, 9.17) is 16.3 Å². The lowest BCUT2D eigenvalue weighted by atomic mass is 10.1. The van der Waals surface area contributed by atoms with Crippen LogP contribution >= 0.6 is 34.2 Å². The van der Waals surface area contributed by atoms with Gasteiger partial charge in [-0.1, -0.05) is 11.6 Å². The predicted octanol–water partition coefficient (Wildman–Crippen LogP) is 3.97. The maximum Gasteiger partial charge on any atom is 0.195 e. The van der Waals surface area contributed by atoms with Crippen molar-refractivity contribution in [2.24, 2.45) is 0 Å². The first kappa shape index (κ1) is 14.3. The number of nitrogens with zero attached hydrogens (tertiary/aromatic N) is 1. The van der Waals surface area contributed by atoms with Crippen molar-refractivity contribution >= 4 is 40.0 Å². The molecule has 3 nitrogen and oxygen atoms in total. The lowest BCUT2D eigenvalue weighted by Gasteiger charge is -2.06. The van der Waals surface area contributed by atoms with Crippen LogP contribution in [-0.4, -0.2) is 17.4 Å². The largest absolute Gasteiger partial charge is 0.492 e. The summed E-state index contributed by atoms with van der Waals surface area (Å²) in [7, 11) is 0. The zero-order valence-electron chi connectivity index (χ0n) is 10.2. The molecule has 0 unspecified atom stereocenters. The maximum atomic E-state index is 12.4. The van der Waals surface area contributed by atoms with Crippen molar-refractivity contribution in [1.29, 1.82) is 0 Å². The van der Waals surface area contributed by atoms with Gasteiger partial charge in [0, 0.05) is 25.9 Å². The van der Waals surface area contributed by atoms with Gasteiger partial charge in [0.1, 0.15) is 5.75 Å². The summed E-state index contributed by atoms with van der Waals surface area (Å²) in [5.41, 5.74) is 1.06. The molecule has 5 heteroatoms. The third-order valence-corrected chi connectivity index (χ3v) is 3.64. The van der Waals surface area contributed by atoms with Gasteiger partial charge in [0.25, 0.3) is 0 Å². The second kappa shape index (κ2) is 6.34. The number of carbonyl (C=O) groups is 1. The number of benzene rings is 1. The fourth-order valence-electron chi connectivity index (χ4n) is 1.62. The van der Waals surface area contributed by atoms with Crippen LogP contribution in [0, 0.1) is 3.57 Å². The maximum absolute atomic E-state index is 12.4. The summed E-state index contributed by atoms with van der Waals surface area (Å²) < 4.78 is 6.20. The van der Waals surface area contributed by atoms with Crippen molar-refractivity contribution in [2.45, 2.75) is 6.92 Å². The molecule has 0 bridgehead atoms. The molecule has 0 spiro atoms. The summed E-state index contributed by atoms with van der Waals surface area (Å²) in [6.45, 7) is 2.42. The van der Waals surface area contributed by atoms with Gasteiger partial charge < -0.3 is 4.74 Å². The minimum atomic E-state index is -0.110. The molecular weight excluding hydrogens is 377 g/mol. The number of hydrogen-bond donors (Lipinski definition) is 0. The highest BCUT2D eigenvalue weighted by atomic mass is 127. The fraction of sp³-hybridized carbons (Fsp3) is 0.143. The van der Waals surface area contributed by atoms with Crippen LogP contribution < -0.4 is 4.74 Å². The molecule has 0 radical (unpaired) electrons. The van der Waals surface area contributed by atoms with Gasteiger partial charge in [-0.15, -0.1) is 0 Å². The molecule has 0 amide bonds. The highest BCUT2D eigenvalue weighted by Crippen LogP contribution is 2.22. The van der Waals surface area contributed by atoms with Gasteiger partial charge in [0.15, 0.2) is 5.78 Å². The standard InChI is InChI=1S/C14H11ClINO2/c1-2-19-11-5-9(7-17-8-11)14(18)12-6-10(15)3-4-13(12)16/h3-8H,2H2,1H3. The predicted molar refractivity (Wildman–Crippen MR) is 83.0 cm³/mol. The lowest BCUT2D eigenvalue weighted by molar-refractivity contribution is 0.103. The summed E-state index contributed by atoms with van der Waals surface area (Å²) in [4.78, 5) is 16.4. The first-order valence-corrected chi connectivity index (χ1v) is 7.15. The van der Waals surface area contributed by atoms with E-state index in [1.807, 2.05) is 13.0 Å². The molecule has 1 aromatic heterocycles. The third-order valence-electron chi connectivity index (χ3n) is 2.46. The van der Waals surface area contributed by atoms with Gasteiger partial charge >= 0.3 is 0 Å². The molecule has 0 fully saturated rings. The highest BCUT2D eigenvalue weighted by Gasteiger charge is 2.14. The van der Waals surface area contributed by atoms with E-state index in [1.54, 1.807) is 24.4 Å². The van der Waals surface area contributed by atoms with E-state index in [2.05, 4.69) is 27.6 Å². The number of ketones is 1. The summed E-state index contributed by atoms with van der Waals surface area (Å²) in [6.07, 6.45) is 3.12. The Labute approximate surface area is 130 Å². The van der Waals surface area contributed by atoms with E-state index in [0.717, 1.165) is 3.57 Å². The van der Waals surface area contributed by atoms with Crippen molar-refractivity contribution in [3.63, 3.8) is 0 Å². The molecule has 0 aliphatic rings. The minimum absolute atomic E-state index is 0.110. The van der Waals surface area contributed by atoms with Crippen LogP contribution in [0.4, 0.5) is 0 Å². The van der Waals surface area contributed by atoms with E-state index < -0.39 is 0 Å². The molecule has 2 rings (SSSR count). The van der Waals surface area contributed by atoms with Gasteiger partial charge in [0.2, 0.25) is 0 Å². The van der Waals surface area contributed by atoms with Crippen LogP contribution in [-0.2, 0) is 0 Å². The van der Waals surface area contributed by atoms with Crippen molar-refractivity contribution in [1.82, 2.24) is 4.98 Å². The molecule has 0 saturated carbocycles. The fourth-order valence-corrected chi connectivity index (χ4v) is 2.37. The number of aromatic nitrogens is 1. The number of pyridine rings is 1. The Hall–Kier alpha value is -1.14. The summed E-state index contributed by atoms with van der Waals surface area (Å²) >= 11 is 8.05. The zero-order valence-corrected chi connectivity index (χ0v) is 13.1. The Morgan fingerprint density at radius 1 is 1.37 bits per heavy atom. The number of carbonyl (C=O) groups excluding carboxylic acids is 1. The van der Waals surface area contributed by atoms with Crippen molar-refractivity contribution in [2.75, 3.05) is 6.61 Å². The number of rotatable bonds is 4. The summed E-state index contributed by atoms with van der Waals surface area (Å²) in [5.74, 6) is 0.478. The number of hydrogen-bond acceptors (Lipinski definition) is 3.